The van der Waals surface area contributed by atoms with Crippen LogP contribution < -0.4 is 0 Å². The minimum atomic E-state index is -0.596. The van der Waals surface area contributed by atoms with Gasteiger partial charge >= 0.3 is 0 Å². The van der Waals surface area contributed by atoms with E-state index in [1.54, 1.807) is 0 Å². The lowest BCUT2D eigenvalue weighted by atomic mass is 9.95. The maximum absolute atomic E-state index is 10.7. The van der Waals surface area contributed by atoms with Crippen LogP contribution in [0.1, 0.15) is 25.7 Å². The van der Waals surface area contributed by atoms with E-state index in [9.17, 15) is 14.9 Å². The Labute approximate surface area is 58.4 Å². The van der Waals surface area contributed by atoms with Gasteiger partial charge in [0.05, 0.1) is 6.42 Å². The molecule has 1 atom stereocenters. The topological polar surface area (TPSA) is 60.2 Å². The summed E-state index contributed by atoms with van der Waals surface area (Å²) < 4.78 is 0. The number of rotatable bonds is 1. The van der Waals surface area contributed by atoms with Crippen molar-refractivity contribution in [3.8, 4) is 0 Å². The van der Waals surface area contributed by atoms with E-state index in [2.05, 4.69) is 0 Å². The molecule has 4 nitrogen and oxygen atoms in total. The maximum atomic E-state index is 10.7. The van der Waals surface area contributed by atoms with Gasteiger partial charge in [0.1, 0.15) is 5.78 Å². The van der Waals surface area contributed by atoms with E-state index in [1.807, 2.05) is 0 Å². The van der Waals surface area contributed by atoms with E-state index in [0.29, 0.717) is 19.3 Å². The zero-order valence-electron chi connectivity index (χ0n) is 5.58. The summed E-state index contributed by atoms with van der Waals surface area (Å²) in [6.07, 6.45) is 1.93. The van der Waals surface area contributed by atoms with E-state index >= 15 is 0 Å². The first kappa shape index (κ1) is 7.18. The Morgan fingerprint density at radius 2 is 2.30 bits per heavy atom. The zero-order chi connectivity index (χ0) is 7.56. The van der Waals surface area contributed by atoms with Crippen molar-refractivity contribution in [3.05, 3.63) is 10.1 Å². The Hall–Kier alpha value is -0.930. The molecule has 0 saturated heterocycles. The summed E-state index contributed by atoms with van der Waals surface area (Å²) in [7, 11) is 0. The third-order valence-electron chi connectivity index (χ3n) is 1.75. The number of nitro groups is 1. The Morgan fingerprint density at radius 1 is 1.60 bits per heavy atom. The molecule has 1 rings (SSSR count). The summed E-state index contributed by atoms with van der Waals surface area (Å²) in [5.74, 6) is 0.0351. The van der Waals surface area contributed by atoms with Crippen LogP contribution in [0.3, 0.4) is 0 Å². The second-order valence-electron chi connectivity index (χ2n) is 2.57. The van der Waals surface area contributed by atoms with E-state index < -0.39 is 6.04 Å². The van der Waals surface area contributed by atoms with Crippen LogP contribution in [0.4, 0.5) is 0 Å². The second kappa shape index (κ2) is 2.77. The fourth-order valence-corrected chi connectivity index (χ4v) is 1.18. The van der Waals surface area contributed by atoms with Crippen LogP contribution >= 0.6 is 0 Å². The number of hydrogen-bond donors (Lipinski definition) is 0. The van der Waals surface area contributed by atoms with Gasteiger partial charge in [-0.1, -0.05) is 0 Å². The van der Waals surface area contributed by atoms with Gasteiger partial charge in [0, 0.05) is 17.8 Å². The van der Waals surface area contributed by atoms with Crippen LogP contribution in [0.15, 0.2) is 0 Å². The predicted octanol–water partition coefficient (Wildman–Crippen LogP) is 0.775. The summed E-state index contributed by atoms with van der Waals surface area (Å²) in [5, 5.41) is 10.2. The van der Waals surface area contributed by atoms with Crippen LogP contribution in [0.25, 0.3) is 0 Å². The van der Waals surface area contributed by atoms with Gasteiger partial charge in [0.15, 0.2) is 0 Å². The Bertz CT molecular complexity index is 164. The Balaban J connectivity index is 2.47. The normalized spacial score (nSPS) is 26.4. The van der Waals surface area contributed by atoms with Gasteiger partial charge in [0.2, 0.25) is 6.04 Å². The minimum Gasteiger partial charge on any atom is -0.299 e. The second-order valence-corrected chi connectivity index (χ2v) is 2.57. The van der Waals surface area contributed by atoms with Gasteiger partial charge in [-0.15, -0.1) is 0 Å². The molecule has 0 spiro atoms. The number of Topliss-reactive ketones (excluding diaryl/α,β-unsaturated/α-hetero) is 1. The fraction of sp³-hybridized carbons (Fsp3) is 0.833. The Morgan fingerprint density at radius 3 is 2.70 bits per heavy atom. The highest BCUT2D eigenvalue weighted by Gasteiger charge is 2.27. The highest BCUT2D eigenvalue weighted by atomic mass is 16.6. The lowest BCUT2D eigenvalue weighted by Crippen LogP contribution is -2.26. The highest BCUT2D eigenvalue weighted by Crippen LogP contribution is 2.16. The van der Waals surface area contributed by atoms with Crippen molar-refractivity contribution >= 4 is 5.78 Å². The standard InChI is InChI=1S/C6H9NO3/c8-6-3-1-2-5(4-6)7(9)10/h5H,1-4H2/t5-/m1/s1. The molecule has 0 aliphatic heterocycles. The van der Waals surface area contributed by atoms with Crippen molar-refractivity contribution in [1.82, 2.24) is 0 Å². The molecular formula is C6H9NO3. The largest absolute Gasteiger partial charge is 0.299 e. The van der Waals surface area contributed by atoms with Crippen molar-refractivity contribution in [2.24, 2.45) is 0 Å². The first-order valence-electron chi connectivity index (χ1n) is 3.35. The van der Waals surface area contributed by atoms with Crippen LogP contribution in [-0.2, 0) is 4.79 Å². The molecule has 1 aliphatic rings. The average Bonchev–Trinajstić information content (AvgIpc) is 1.88. The number of ketones is 1. The van der Waals surface area contributed by atoms with Crippen molar-refractivity contribution < 1.29 is 9.72 Å². The summed E-state index contributed by atoms with van der Waals surface area (Å²) >= 11 is 0. The minimum absolute atomic E-state index is 0.0351. The average molecular weight is 143 g/mol. The van der Waals surface area contributed by atoms with Crippen LogP contribution in [0, 0.1) is 10.1 Å². The monoisotopic (exact) mass is 143 g/mol. The molecule has 0 aromatic rings. The SMILES string of the molecule is O=C1CCC[C@@H]([N+](=O)[O-])C1. The molecule has 0 bridgehead atoms. The quantitative estimate of drug-likeness (QED) is 0.402. The molecule has 0 amide bonds. The number of nitrogens with zero attached hydrogens (tertiary/aromatic N) is 1. The first-order chi connectivity index (χ1) is 4.70. The molecule has 0 aromatic heterocycles. The zero-order valence-corrected chi connectivity index (χ0v) is 5.58. The van der Waals surface area contributed by atoms with Crippen molar-refractivity contribution in [2.75, 3.05) is 0 Å². The summed E-state index contributed by atoms with van der Waals surface area (Å²) in [6, 6.07) is -0.596. The summed E-state index contributed by atoms with van der Waals surface area (Å²) in [4.78, 5) is 20.5. The van der Waals surface area contributed by atoms with Gasteiger partial charge < -0.3 is 0 Å². The van der Waals surface area contributed by atoms with E-state index in [0.717, 1.165) is 0 Å². The predicted molar refractivity (Wildman–Crippen MR) is 34.3 cm³/mol. The fourth-order valence-electron chi connectivity index (χ4n) is 1.18. The van der Waals surface area contributed by atoms with Crippen LogP contribution in [-0.4, -0.2) is 16.7 Å². The number of carbonyl (C=O) groups is 1. The molecule has 4 heteroatoms. The molecule has 0 heterocycles. The molecule has 0 aromatic carbocycles. The third kappa shape index (κ3) is 1.52. The molecule has 0 unspecified atom stereocenters. The van der Waals surface area contributed by atoms with Gasteiger partial charge in [-0.2, -0.15) is 0 Å². The molecule has 0 N–H and O–H groups in total. The van der Waals surface area contributed by atoms with E-state index in [-0.39, 0.29) is 17.1 Å². The molecule has 0 radical (unpaired) electrons. The lowest BCUT2D eigenvalue weighted by molar-refractivity contribution is -0.523. The molecule has 56 valence electrons. The molecule has 1 fully saturated rings. The molecular weight excluding hydrogens is 134 g/mol. The van der Waals surface area contributed by atoms with Crippen LogP contribution in [0.5, 0.6) is 0 Å². The summed E-state index contributed by atoms with van der Waals surface area (Å²) in [5.41, 5.74) is 0. The van der Waals surface area contributed by atoms with Gasteiger partial charge in [-0.3, -0.25) is 14.9 Å². The van der Waals surface area contributed by atoms with Crippen molar-refractivity contribution in [1.29, 1.82) is 0 Å². The molecule has 1 aliphatic carbocycles. The number of carbonyl (C=O) groups excluding carboxylic acids is 1. The van der Waals surface area contributed by atoms with Gasteiger partial charge in [-0.25, -0.2) is 0 Å². The first-order valence-corrected chi connectivity index (χ1v) is 3.35. The lowest BCUT2D eigenvalue weighted by Gasteiger charge is -2.12. The highest BCUT2D eigenvalue weighted by molar-refractivity contribution is 5.79. The van der Waals surface area contributed by atoms with E-state index in [1.165, 1.54) is 0 Å². The smallest absolute Gasteiger partial charge is 0.220 e. The Kier molecular flexibility index (Phi) is 1.99. The van der Waals surface area contributed by atoms with E-state index in [4.69, 9.17) is 0 Å². The van der Waals surface area contributed by atoms with Gasteiger partial charge in [-0.05, 0) is 6.42 Å². The molecule has 10 heavy (non-hydrogen) atoms. The summed E-state index contributed by atoms with van der Waals surface area (Å²) in [6.45, 7) is 0. The van der Waals surface area contributed by atoms with Crippen molar-refractivity contribution in [2.45, 2.75) is 31.7 Å². The van der Waals surface area contributed by atoms with Crippen molar-refractivity contribution in [3.63, 3.8) is 0 Å². The third-order valence-corrected chi connectivity index (χ3v) is 1.75. The van der Waals surface area contributed by atoms with Gasteiger partial charge in [0.25, 0.3) is 0 Å². The maximum Gasteiger partial charge on any atom is 0.220 e. The number of hydrogen-bond acceptors (Lipinski definition) is 3. The molecule has 1 saturated carbocycles. The van der Waals surface area contributed by atoms with Crippen LogP contribution in [0.2, 0.25) is 0 Å².